The molecule has 2 nitrogen and oxygen atoms in total. The standard InChI is InChI=1S/C27H28F2N2/c1-17-26(21-8-12-23(13-9-21)31-16-19-4-5-19)25(28)14-24(27(17)29)20-6-10-22(11-7-20)30-15-18-2-3-18/h6-14,18-19,30-31H,2-5,15-16H2,1H3. The van der Waals surface area contributed by atoms with Crippen LogP contribution in [0.4, 0.5) is 20.2 Å². The zero-order valence-electron chi connectivity index (χ0n) is 17.8. The lowest BCUT2D eigenvalue weighted by Crippen LogP contribution is -2.03. The van der Waals surface area contributed by atoms with Crippen LogP contribution >= 0.6 is 0 Å². The van der Waals surface area contributed by atoms with Crippen LogP contribution in [0.25, 0.3) is 22.3 Å². The van der Waals surface area contributed by atoms with E-state index in [0.717, 1.165) is 36.3 Å². The molecule has 2 saturated carbocycles. The van der Waals surface area contributed by atoms with Gasteiger partial charge in [-0.3, -0.25) is 0 Å². The van der Waals surface area contributed by atoms with Crippen LogP contribution in [-0.4, -0.2) is 13.1 Å². The first-order valence-corrected chi connectivity index (χ1v) is 11.3. The van der Waals surface area contributed by atoms with Crippen molar-refractivity contribution < 1.29 is 8.78 Å². The second-order valence-electron chi connectivity index (χ2n) is 9.02. The number of nitrogens with one attached hydrogen (secondary N) is 2. The van der Waals surface area contributed by atoms with Crippen LogP contribution in [0, 0.1) is 30.4 Å². The fourth-order valence-electron chi connectivity index (χ4n) is 4.01. The maximum Gasteiger partial charge on any atom is 0.134 e. The third-order valence-corrected chi connectivity index (χ3v) is 6.40. The van der Waals surface area contributed by atoms with Crippen LogP contribution in [0.15, 0.2) is 54.6 Å². The molecule has 5 rings (SSSR count). The topological polar surface area (TPSA) is 24.1 Å². The van der Waals surface area contributed by atoms with E-state index in [4.69, 9.17) is 0 Å². The first kappa shape index (κ1) is 20.0. The summed E-state index contributed by atoms with van der Waals surface area (Å²) < 4.78 is 30.4. The molecule has 3 aromatic rings. The number of hydrogen-bond donors (Lipinski definition) is 2. The molecule has 2 N–H and O–H groups in total. The van der Waals surface area contributed by atoms with E-state index in [1.807, 2.05) is 48.5 Å². The lowest BCUT2D eigenvalue weighted by molar-refractivity contribution is 0.599. The van der Waals surface area contributed by atoms with Gasteiger partial charge in [0.25, 0.3) is 0 Å². The Morgan fingerprint density at radius 2 is 1.23 bits per heavy atom. The Hall–Kier alpha value is -2.88. The molecule has 0 heterocycles. The summed E-state index contributed by atoms with van der Waals surface area (Å²) in [7, 11) is 0. The highest BCUT2D eigenvalue weighted by Gasteiger charge is 2.22. The van der Waals surface area contributed by atoms with Crippen molar-refractivity contribution in [2.24, 2.45) is 11.8 Å². The first-order chi connectivity index (χ1) is 15.1. The molecule has 3 aromatic carbocycles. The van der Waals surface area contributed by atoms with E-state index in [-0.39, 0.29) is 5.82 Å². The molecule has 2 aliphatic carbocycles. The molecule has 31 heavy (non-hydrogen) atoms. The Balaban J connectivity index is 1.37. The molecule has 0 unspecified atom stereocenters. The average Bonchev–Trinajstić information content (AvgIpc) is 3.70. The zero-order valence-corrected chi connectivity index (χ0v) is 17.8. The van der Waals surface area contributed by atoms with Gasteiger partial charge in [0.1, 0.15) is 11.6 Å². The van der Waals surface area contributed by atoms with Crippen molar-refractivity contribution >= 4 is 11.4 Å². The molecule has 2 aliphatic rings. The summed E-state index contributed by atoms with van der Waals surface area (Å²) in [5.41, 5.74) is 4.37. The maximum atomic E-state index is 15.3. The fourth-order valence-corrected chi connectivity index (χ4v) is 4.01. The molecule has 0 radical (unpaired) electrons. The van der Waals surface area contributed by atoms with E-state index in [2.05, 4.69) is 10.6 Å². The summed E-state index contributed by atoms with van der Waals surface area (Å²) in [5, 5.41) is 6.81. The number of hydrogen-bond acceptors (Lipinski definition) is 2. The molecule has 2 fully saturated rings. The molecular formula is C27H28F2N2. The predicted molar refractivity (Wildman–Crippen MR) is 124 cm³/mol. The van der Waals surface area contributed by atoms with Crippen molar-refractivity contribution in [1.82, 2.24) is 0 Å². The average molecular weight is 419 g/mol. The third-order valence-electron chi connectivity index (χ3n) is 6.40. The molecule has 0 spiro atoms. The van der Waals surface area contributed by atoms with Gasteiger partial charge >= 0.3 is 0 Å². The molecule has 4 heteroatoms. The lowest BCUT2D eigenvalue weighted by atomic mass is 9.94. The summed E-state index contributed by atoms with van der Waals surface area (Å²) in [6, 6.07) is 16.5. The Kier molecular flexibility index (Phi) is 5.39. The van der Waals surface area contributed by atoms with Crippen molar-refractivity contribution in [1.29, 1.82) is 0 Å². The first-order valence-electron chi connectivity index (χ1n) is 11.3. The number of halogens is 2. The smallest absolute Gasteiger partial charge is 0.134 e. The minimum atomic E-state index is -0.400. The van der Waals surface area contributed by atoms with Gasteiger partial charge in [-0.15, -0.1) is 0 Å². The van der Waals surface area contributed by atoms with Crippen LogP contribution < -0.4 is 10.6 Å². The summed E-state index contributed by atoms with van der Waals surface area (Å²) >= 11 is 0. The Bertz CT molecular complexity index is 1070. The van der Waals surface area contributed by atoms with Crippen molar-refractivity contribution in [3.63, 3.8) is 0 Å². The van der Waals surface area contributed by atoms with Gasteiger partial charge in [0.2, 0.25) is 0 Å². The molecule has 0 amide bonds. The van der Waals surface area contributed by atoms with Crippen molar-refractivity contribution in [3.05, 3.63) is 71.8 Å². The minimum Gasteiger partial charge on any atom is -0.385 e. The Labute approximate surface area is 182 Å². The van der Waals surface area contributed by atoms with Gasteiger partial charge in [-0.2, -0.15) is 0 Å². The lowest BCUT2D eigenvalue weighted by Gasteiger charge is -2.14. The summed E-state index contributed by atoms with van der Waals surface area (Å²) in [6.07, 6.45) is 5.17. The zero-order chi connectivity index (χ0) is 21.4. The van der Waals surface area contributed by atoms with Gasteiger partial charge in [0.05, 0.1) is 0 Å². The summed E-state index contributed by atoms with van der Waals surface area (Å²) in [6.45, 7) is 3.61. The number of rotatable bonds is 8. The number of benzene rings is 3. The Morgan fingerprint density at radius 3 is 1.71 bits per heavy atom. The second kappa shape index (κ2) is 8.33. The van der Waals surface area contributed by atoms with Crippen molar-refractivity contribution in [2.75, 3.05) is 23.7 Å². The van der Waals surface area contributed by atoms with Crippen LogP contribution in [0.3, 0.4) is 0 Å². The van der Waals surface area contributed by atoms with Gasteiger partial charge in [0, 0.05) is 35.6 Å². The van der Waals surface area contributed by atoms with Gasteiger partial charge in [-0.25, -0.2) is 8.78 Å². The highest BCUT2D eigenvalue weighted by molar-refractivity contribution is 5.76. The second-order valence-corrected chi connectivity index (χ2v) is 9.02. The van der Waals surface area contributed by atoms with Crippen LogP contribution in [-0.2, 0) is 0 Å². The molecular weight excluding hydrogens is 390 g/mol. The Morgan fingerprint density at radius 1 is 0.742 bits per heavy atom. The largest absolute Gasteiger partial charge is 0.385 e. The SMILES string of the molecule is Cc1c(F)c(-c2ccc(NCC3CC3)cc2)cc(F)c1-c1ccc(NCC2CC2)cc1. The maximum absolute atomic E-state index is 15.3. The minimum absolute atomic E-state index is 0.301. The van der Waals surface area contributed by atoms with Crippen LogP contribution in [0.5, 0.6) is 0 Å². The third kappa shape index (κ3) is 4.58. The highest BCUT2D eigenvalue weighted by atomic mass is 19.1. The van der Waals surface area contributed by atoms with Crippen molar-refractivity contribution in [2.45, 2.75) is 32.6 Å². The van der Waals surface area contributed by atoms with Crippen molar-refractivity contribution in [3.8, 4) is 22.3 Å². The van der Waals surface area contributed by atoms with Crippen LogP contribution in [0.2, 0.25) is 0 Å². The molecule has 0 aromatic heterocycles. The number of anilines is 2. The van der Waals surface area contributed by atoms with E-state index in [0.29, 0.717) is 27.8 Å². The van der Waals surface area contributed by atoms with Crippen LogP contribution in [0.1, 0.15) is 31.2 Å². The summed E-state index contributed by atoms with van der Waals surface area (Å²) in [4.78, 5) is 0. The van der Waals surface area contributed by atoms with E-state index in [1.165, 1.54) is 31.7 Å². The molecule has 0 atom stereocenters. The van der Waals surface area contributed by atoms with Gasteiger partial charge in [-0.05, 0) is 91.5 Å². The van der Waals surface area contributed by atoms with E-state index >= 15 is 8.78 Å². The molecule has 0 aliphatic heterocycles. The van der Waals surface area contributed by atoms with E-state index in [1.54, 1.807) is 6.92 Å². The van der Waals surface area contributed by atoms with Gasteiger partial charge in [-0.1, -0.05) is 24.3 Å². The van der Waals surface area contributed by atoms with Gasteiger partial charge in [0.15, 0.2) is 0 Å². The molecule has 160 valence electrons. The summed E-state index contributed by atoms with van der Waals surface area (Å²) in [5.74, 6) is 0.794. The molecule has 0 saturated heterocycles. The normalized spacial score (nSPS) is 15.7. The van der Waals surface area contributed by atoms with E-state index in [9.17, 15) is 0 Å². The van der Waals surface area contributed by atoms with E-state index < -0.39 is 5.82 Å². The molecule has 0 bridgehead atoms. The highest BCUT2D eigenvalue weighted by Crippen LogP contribution is 2.36. The monoisotopic (exact) mass is 418 g/mol. The fraction of sp³-hybridized carbons (Fsp3) is 0.333. The quantitative estimate of drug-likeness (QED) is 0.402. The predicted octanol–water partition coefficient (Wildman–Crippen LogP) is 7.25. The van der Waals surface area contributed by atoms with Gasteiger partial charge < -0.3 is 10.6 Å².